The summed E-state index contributed by atoms with van der Waals surface area (Å²) in [6.07, 6.45) is 3.59. The number of thiol groups is 1. The van der Waals surface area contributed by atoms with Crippen molar-refractivity contribution in [3.63, 3.8) is 0 Å². The number of para-hydroxylation sites is 4. The van der Waals surface area contributed by atoms with Gasteiger partial charge in [0.2, 0.25) is 10.6 Å². The predicted molar refractivity (Wildman–Crippen MR) is 93.4 cm³/mol. The summed E-state index contributed by atoms with van der Waals surface area (Å²) in [5.41, 5.74) is 3.87. The zero-order valence-corrected chi connectivity index (χ0v) is 13.1. The van der Waals surface area contributed by atoms with Crippen molar-refractivity contribution in [1.29, 1.82) is 0 Å². The molecule has 0 radical (unpaired) electrons. The van der Waals surface area contributed by atoms with Gasteiger partial charge in [-0.1, -0.05) is 29.4 Å². The van der Waals surface area contributed by atoms with E-state index >= 15 is 0 Å². The maximum atomic E-state index is 5.35. The van der Waals surface area contributed by atoms with Crippen LogP contribution in [0.2, 0.25) is 0 Å². The summed E-state index contributed by atoms with van der Waals surface area (Å²) < 4.78 is 4.21. The second kappa shape index (κ2) is 5.11. The molecule has 2 heterocycles. The maximum Gasteiger partial charge on any atom is 0.212 e. The van der Waals surface area contributed by atoms with Crippen molar-refractivity contribution >= 4 is 51.2 Å². The van der Waals surface area contributed by atoms with E-state index in [1.807, 2.05) is 64.2 Å². The third kappa shape index (κ3) is 1.98. The highest BCUT2D eigenvalue weighted by atomic mass is 32.1. The van der Waals surface area contributed by atoms with Gasteiger partial charge in [0.15, 0.2) is 17.4 Å². The molecule has 0 aliphatic rings. The van der Waals surface area contributed by atoms with Gasteiger partial charge in [-0.15, -0.1) is 22.0 Å². The average Bonchev–Trinajstić information content (AvgIpc) is 3.13. The zero-order valence-electron chi connectivity index (χ0n) is 11.4. The van der Waals surface area contributed by atoms with Crippen LogP contribution in [0.5, 0.6) is 0 Å². The molecule has 7 heteroatoms. The lowest BCUT2D eigenvalue weighted by Gasteiger charge is -2.17. The lowest BCUT2D eigenvalue weighted by molar-refractivity contribution is -0.660. The quantitative estimate of drug-likeness (QED) is 0.338. The fourth-order valence-electron chi connectivity index (χ4n) is 2.54. The summed E-state index contributed by atoms with van der Waals surface area (Å²) in [5.74, 6) is 0. The Hall–Kier alpha value is -2.38. The van der Waals surface area contributed by atoms with E-state index in [4.69, 9.17) is 12.2 Å². The fourth-order valence-corrected chi connectivity index (χ4v) is 2.91. The third-order valence-corrected chi connectivity index (χ3v) is 3.85. The summed E-state index contributed by atoms with van der Waals surface area (Å²) in [4.78, 5) is 7.64. The third-order valence-electron chi connectivity index (χ3n) is 3.51. The second-order valence-corrected chi connectivity index (χ2v) is 5.90. The number of aromatic amines is 1. The van der Waals surface area contributed by atoms with Gasteiger partial charge in [-0.05, 0) is 36.5 Å². The van der Waals surface area contributed by atoms with E-state index in [9.17, 15) is 0 Å². The number of aromatic nitrogens is 4. The monoisotopic (exact) mass is 326 g/mol. The normalized spacial score (nSPS) is 11.1. The zero-order chi connectivity index (χ0) is 15.1. The van der Waals surface area contributed by atoms with Gasteiger partial charge in [0.25, 0.3) is 0 Å². The molecule has 0 aliphatic heterocycles. The molecule has 0 spiro atoms. The molecule has 0 bridgehead atoms. The summed E-state index contributed by atoms with van der Waals surface area (Å²) >= 11 is 9.74. The molecule has 0 saturated heterocycles. The first-order valence-electron chi connectivity index (χ1n) is 6.69. The number of H-pyrrole nitrogens is 1. The lowest BCUT2D eigenvalue weighted by atomic mass is 10.3. The molecule has 5 nitrogen and oxygen atoms in total. The van der Waals surface area contributed by atoms with Crippen LogP contribution in [0.1, 0.15) is 0 Å². The Kier molecular flexibility index (Phi) is 3.09. The Balaban J connectivity index is 1.97. The molecular formula is C15H12N5S2+. The van der Waals surface area contributed by atoms with E-state index in [0.29, 0.717) is 4.32 Å². The molecule has 0 amide bonds. The van der Waals surface area contributed by atoms with Crippen molar-refractivity contribution in [2.75, 3.05) is 5.12 Å². The highest BCUT2D eigenvalue weighted by Gasteiger charge is 2.22. The Bertz CT molecular complexity index is 914. The minimum atomic E-state index is 0.415. The maximum absolute atomic E-state index is 5.35. The van der Waals surface area contributed by atoms with Gasteiger partial charge >= 0.3 is 0 Å². The molecule has 4 aromatic rings. The molecule has 0 aliphatic carbocycles. The molecule has 2 aromatic carbocycles. The summed E-state index contributed by atoms with van der Waals surface area (Å²) in [6.45, 7) is 0. The fraction of sp³-hybridized carbons (Fsp3) is 0. The molecule has 0 fully saturated rings. The highest BCUT2D eigenvalue weighted by molar-refractivity contribution is 8.11. The van der Waals surface area contributed by atoms with E-state index in [1.54, 1.807) is 11.4 Å². The van der Waals surface area contributed by atoms with Crippen LogP contribution >= 0.6 is 24.8 Å². The van der Waals surface area contributed by atoms with Crippen LogP contribution in [-0.2, 0) is 0 Å². The first-order chi connectivity index (χ1) is 10.8. The minimum Gasteiger partial charge on any atom is -0.275 e. The first-order valence-corrected chi connectivity index (χ1v) is 7.55. The van der Waals surface area contributed by atoms with Gasteiger partial charge in [0, 0.05) is 0 Å². The van der Waals surface area contributed by atoms with E-state index in [-0.39, 0.29) is 0 Å². The Labute approximate surface area is 137 Å². The van der Waals surface area contributed by atoms with Crippen molar-refractivity contribution in [3.8, 4) is 0 Å². The number of hydrogen-bond acceptors (Lipinski definition) is 2. The van der Waals surface area contributed by atoms with Crippen molar-refractivity contribution in [2.24, 2.45) is 0 Å². The van der Waals surface area contributed by atoms with Crippen LogP contribution in [0.15, 0.2) is 61.2 Å². The Morgan fingerprint density at radius 2 is 1.95 bits per heavy atom. The molecule has 108 valence electrons. The first kappa shape index (κ1) is 13.3. The standard InChI is InChI=1S/C15H11N5S2/c21-15(22)20(18-9-16-11-5-1-3-7-13(11)18)19-10-17-12-6-2-4-8-14(12)19/h1-10H,(H,21,22)/p+1. The molecular weight excluding hydrogens is 314 g/mol. The van der Waals surface area contributed by atoms with E-state index in [2.05, 4.69) is 22.6 Å². The SMILES string of the molecule is S=C(S)N(n1cnc2ccccc21)[n+]1c[nH]c2ccccc21. The van der Waals surface area contributed by atoms with Crippen LogP contribution in [0.4, 0.5) is 0 Å². The van der Waals surface area contributed by atoms with E-state index in [0.717, 1.165) is 22.1 Å². The number of rotatable bonds is 2. The molecule has 22 heavy (non-hydrogen) atoms. The van der Waals surface area contributed by atoms with Crippen molar-refractivity contribution in [2.45, 2.75) is 0 Å². The van der Waals surface area contributed by atoms with Crippen LogP contribution in [0.25, 0.3) is 22.1 Å². The van der Waals surface area contributed by atoms with Gasteiger partial charge in [0.05, 0.1) is 0 Å². The number of nitrogens with one attached hydrogen (secondary N) is 1. The smallest absolute Gasteiger partial charge is 0.212 e. The van der Waals surface area contributed by atoms with Crippen molar-refractivity contribution in [1.82, 2.24) is 14.6 Å². The molecule has 1 N–H and O–H groups in total. The van der Waals surface area contributed by atoms with E-state index < -0.39 is 0 Å². The molecule has 0 saturated carbocycles. The number of nitrogens with zero attached hydrogens (tertiary/aromatic N) is 4. The lowest BCUT2D eigenvalue weighted by Crippen LogP contribution is -2.60. The highest BCUT2D eigenvalue weighted by Crippen LogP contribution is 2.14. The molecule has 0 unspecified atom stereocenters. The Morgan fingerprint density at radius 3 is 2.82 bits per heavy atom. The molecule has 4 rings (SSSR count). The van der Waals surface area contributed by atoms with E-state index in [1.165, 1.54) is 0 Å². The van der Waals surface area contributed by atoms with Crippen LogP contribution in [0.3, 0.4) is 0 Å². The minimum absolute atomic E-state index is 0.415. The second-order valence-electron chi connectivity index (χ2n) is 4.79. The van der Waals surface area contributed by atoms with Crippen LogP contribution < -0.4 is 9.79 Å². The number of benzene rings is 2. The summed E-state index contributed by atoms with van der Waals surface area (Å²) in [6, 6.07) is 15.9. The van der Waals surface area contributed by atoms with Gasteiger partial charge < -0.3 is 0 Å². The van der Waals surface area contributed by atoms with Crippen LogP contribution in [-0.4, -0.2) is 19.0 Å². The summed E-state index contributed by atoms with van der Waals surface area (Å²) in [5, 5.41) is 1.78. The number of thiocarbonyl (C=S) groups is 1. The number of hydrogen-bond donors (Lipinski definition) is 2. The largest absolute Gasteiger partial charge is 0.275 e. The average molecular weight is 326 g/mol. The van der Waals surface area contributed by atoms with Gasteiger partial charge in [-0.25, -0.2) is 4.98 Å². The van der Waals surface area contributed by atoms with Crippen molar-refractivity contribution in [3.05, 3.63) is 61.2 Å². The topological polar surface area (TPSA) is 40.7 Å². The number of imidazole rings is 2. The van der Waals surface area contributed by atoms with Crippen LogP contribution in [0, 0.1) is 0 Å². The summed E-state index contributed by atoms with van der Waals surface area (Å²) in [7, 11) is 0. The van der Waals surface area contributed by atoms with Crippen molar-refractivity contribution < 1.29 is 4.68 Å². The number of fused-ring (bicyclic) bond motifs is 2. The predicted octanol–water partition coefficient (Wildman–Crippen LogP) is 2.42. The molecule has 2 aromatic heterocycles. The van der Waals surface area contributed by atoms with Gasteiger partial charge in [0.1, 0.15) is 11.0 Å². The Morgan fingerprint density at radius 1 is 1.18 bits per heavy atom. The van der Waals surface area contributed by atoms with Gasteiger partial charge in [-0.3, -0.25) is 4.98 Å². The van der Waals surface area contributed by atoms with Gasteiger partial charge in [-0.2, -0.15) is 0 Å². The molecule has 0 atom stereocenters.